The molecule has 0 spiro atoms. The number of benzene rings is 2. The third kappa shape index (κ3) is 4.01. The maximum absolute atomic E-state index is 5.16. The Morgan fingerprint density at radius 2 is 1.55 bits per heavy atom. The van der Waals surface area contributed by atoms with Crippen molar-refractivity contribution in [3.05, 3.63) is 54.1 Å². The molecule has 4 nitrogen and oxygen atoms in total. The molecule has 0 saturated heterocycles. The zero-order chi connectivity index (χ0) is 15.9. The van der Waals surface area contributed by atoms with Crippen molar-refractivity contribution in [2.24, 2.45) is 5.10 Å². The van der Waals surface area contributed by atoms with Crippen LogP contribution in [0.2, 0.25) is 0 Å². The van der Waals surface area contributed by atoms with Crippen molar-refractivity contribution in [3.8, 4) is 5.75 Å². The van der Waals surface area contributed by atoms with Crippen LogP contribution in [0.4, 0.5) is 11.4 Å². The van der Waals surface area contributed by atoms with E-state index in [9.17, 15) is 0 Å². The summed E-state index contributed by atoms with van der Waals surface area (Å²) in [4.78, 5) is 2.20. The normalized spacial score (nSPS) is 10.7. The number of hydrogen-bond acceptors (Lipinski definition) is 4. The van der Waals surface area contributed by atoms with E-state index in [4.69, 9.17) is 4.74 Å². The fraction of sp³-hybridized carbons (Fsp3) is 0.278. The van der Waals surface area contributed by atoms with Crippen LogP contribution in [0.15, 0.2) is 53.6 Å². The largest absolute Gasteiger partial charge is 0.497 e. The summed E-state index contributed by atoms with van der Waals surface area (Å²) < 4.78 is 5.16. The molecular weight excluding hydrogens is 274 g/mol. The van der Waals surface area contributed by atoms with E-state index in [0.717, 1.165) is 23.5 Å². The van der Waals surface area contributed by atoms with Crippen LogP contribution in [-0.2, 0) is 0 Å². The van der Waals surface area contributed by atoms with E-state index in [1.54, 1.807) is 7.11 Å². The first-order chi connectivity index (χ1) is 10.6. The Kier molecular flexibility index (Phi) is 5.42. The molecule has 0 saturated carbocycles. The second-order valence-electron chi connectivity index (χ2n) is 5.07. The van der Waals surface area contributed by atoms with Crippen LogP contribution in [0.25, 0.3) is 0 Å². The maximum Gasteiger partial charge on any atom is 0.119 e. The van der Waals surface area contributed by atoms with E-state index >= 15 is 0 Å². The average Bonchev–Trinajstić information content (AvgIpc) is 2.59. The quantitative estimate of drug-likeness (QED) is 0.602. The zero-order valence-corrected chi connectivity index (χ0v) is 13.7. The minimum Gasteiger partial charge on any atom is -0.497 e. The zero-order valence-electron chi connectivity index (χ0n) is 13.7. The van der Waals surface area contributed by atoms with Gasteiger partial charge in [0.2, 0.25) is 0 Å². The average molecular weight is 297 g/mol. The summed E-state index contributed by atoms with van der Waals surface area (Å²) in [6, 6.07) is 16.2. The molecule has 0 aliphatic carbocycles. The molecule has 0 heterocycles. The fourth-order valence-electron chi connectivity index (χ4n) is 2.02. The molecular formula is C18H23N3O. The van der Waals surface area contributed by atoms with Gasteiger partial charge in [0.1, 0.15) is 5.75 Å². The summed E-state index contributed by atoms with van der Waals surface area (Å²) >= 11 is 0. The minimum absolute atomic E-state index is 0.844. The Morgan fingerprint density at radius 1 is 0.955 bits per heavy atom. The smallest absolute Gasteiger partial charge is 0.119 e. The van der Waals surface area contributed by atoms with Gasteiger partial charge < -0.3 is 9.64 Å². The number of hydrazone groups is 1. The molecule has 22 heavy (non-hydrogen) atoms. The number of methoxy groups -OCH3 is 1. The lowest BCUT2D eigenvalue weighted by molar-refractivity contribution is 0.415. The third-order valence-electron chi connectivity index (χ3n) is 3.63. The molecule has 0 N–H and O–H groups in total. The topological polar surface area (TPSA) is 28.1 Å². The summed E-state index contributed by atoms with van der Waals surface area (Å²) in [7, 11) is 5.68. The van der Waals surface area contributed by atoms with Crippen molar-refractivity contribution in [3.63, 3.8) is 0 Å². The highest BCUT2D eigenvalue weighted by Crippen LogP contribution is 2.18. The molecule has 116 valence electrons. The molecule has 0 unspecified atom stereocenters. The highest BCUT2D eigenvalue weighted by Gasteiger charge is 2.00. The number of nitrogens with zero attached hydrogens (tertiary/aromatic N) is 3. The Hall–Kier alpha value is -2.49. The summed E-state index contributed by atoms with van der Waals surface area (Å²) in [5.74, 6) is 0.844. The molecule has 0 radical (unpaired) electrons. The molecule has 0 fully saturated rings. The highest BCUT2D eigenvalue weighted by atomic mass is 16.5. The Labute approximate surface area is 132 Å². The van der Waals surface area contributed by atoms with Crippen LogP contribution in [0, 0.1) is 0 Å². The van der Waals surface area contributed by atoms with Gasteiger partial charge in [-0.1, -0.05) is 12.1 Å². The molecule has 0 amide bonds. The Morgan fingerprint density at radius 3 is 2.09 bits per heavy atom. The van der Waals surface area contributed by atoms with Crippen molar-refractivity contribution < 1.29 is 4.74 Å². The lowest BCUT2D eigenvalue weighted by Gasteiger charge is -2.16. The van der Waals surface area contributed by atoms with Gasteiger partial charge in [-0.05, 0) is 48.9 Å². The first-order valence-electron chi connectivity index (χ1n) is 7.37. The van der Waals surface area contributed by atoms with Crippen LogP contribution in [-0.4, -0.2) is 34.0 Å². The van der Waals surface area contributed by atoms with Crippen molar-refractivity contribution in [2.45, 2.75) is 6.92 Å². The number of ether oxygens (including phenoxy) is 1. The lowest BCUT2D eigenvalue weighted by Crippen LogP contribution is -2.15. The van der Waals surface area contributed by atoms with E-state index in [-0.39, 0.29) is 0 Å². The van der Waals surface area contributed by atoms with E-state index < -0.39 is 0 Å². The summed E-state index contributed by atoms with van der Waals surface area (Å²) in [5, 5.41) is 6.31. The molecule has 0 aromatic heterocycles. The Balaban J connectivity index is 2.03. The number of hydrogen-bond donors (Lipinski definition) is 0. The molecule has 2 aromatic carbocycles. The van der Waals surface area contributed by atoms with Crippen LogP contribution in [0.1, 0.15) is 12.5 Å². The highest BCUT2D eigenvalue weighted by molar-refractivity contribution is 5.81. The predicted octanol–water partition coefficient (Wildman–Crippen LogP) is 3.62. The van der Waals surface area contributed by atoms with Gasteiger partial charge in [-0.15, -0.1) is 0 Å². The summed E-state index contributed by atoms with van der Waals surface area (Å²) in [6.45, 7) is 3.13. The van der Waals surface area contributed by atoms with Gasteiger partial charge in [0.05, 0.1) is 19.0 Å². The predicted molar refractivity (Wildman–Crippen MR) is 94.4 cm³/mol. The van der Waals surface area contributed by atoms with Gasteiger partial charge in [0.25, 0.3) is 0 Å². The molecule has 2 aromatic rings. The van der Waals surface area contributed by atoms with Crippen molar-refractivity contribution in [2.75, 3.05) is 37.7 Å². The molecule has 0 bridgehead atoms. The minimum atomic E-state index is 0.844. The van der Waals surface area contributed by atoms with Gasteiger partial charge in [0.15, 0.2) is 0 Å². The van der Waals surface area contributed by atoms with Crippen LogP contribution in [0.5, 0.6) is 5.75 Å². The maximum atomic E-state index is 5.16. The van der Waals surface area contributed by atoms with Crippen molar-refractivity contribution in [1.82, 2.24) is 0 Å². The van der Waals surface area contributed by atoms with E-state index in [0.29, 0.717) is 0 Å². The Bertz CT molecular complexity index is 605. The van der Waals surface area contributed by atoms with Gasteiger partial charge >= 0.3 is 0 Å². The van der Waals surface area contributed by atoms with Crippen LogP contribution in [0.3, 0.4) is 0 Å². The lowest BCUT2D eigenvalue weighted by atomic mass is 10.2. The first kappa shape index (κ1) is 15.9. The second-order valence-corrected chi connectivity index (χ2v) is 5.07. The molecule has 2 rings (SSSR count). The summed E-state index contributed by atoms with van der Waals surface area (Å²) in [5.41, 5.74) is 3.30. The standard InChI is InChI=1S/C18H23N3O/c1-5-20(2)16-8-6-15(7-9-16)14-19-21(3)17-10-12-18(22-4)13-11-17/h6-14H,5H2,1-4H3. The molecule has 0 aliphatic rings. The van der Waals surface area contributed by atoms with Gasteiger partial charge in [0, 0.05) is 26.3 Å². The number of rotatable bonds is 6. The van der Waals surface area contributed by atoms with E-state index in [2.05, 4.69) is 48.2 Å². The summed E-state index contributed by atoms with van der Waals surface area (Å²) in [6.07, 6.45) is 1.86. The van der Waals surface area contributed by atoms with E-state index in [1.165, 1.54) is 5.69 Å². The molecule has 0 atom stereocenters. The SMILES string of the molecule is CCN(C)c1ccc(C=NN(C)c2ccc(OC)cc2)cc1. The second kappa shape index (κ2) is 7.50. The van der Waals surface area contributed by atoms with Crippen molar-refractivity contribution in [1.29, 1.82) is 0 Å². The van der Waals surface area contributed by atoms with Crippen LogP contribution >= 0.6 is 0 Å². The monoisotopic (exact) mass is 297 g/mol. The van der Waals surface area contributed by atoms with E-state index in [1.807, 2.05) is 42.5 Å². The number of anilines is 2. The van der Waals surface area contributed by atoms with Gasteiger partial charge in [-0.3, -0.25) is 5.01 Å². The molecule has 0 aliphatic heterocycles. The van der Waals surface area contributed by atoms with Crippen LogP contribution < -0.4 is 14.6 Å². The van der Waals surface area contributed by atoms with Crippen molar-refractivity contribution >= 4 is 17.6 Å². The van der Waals surface area contributed by atoms with Gasteiger partial charge in [-0.25, -0.2) is 0 Å². The third-order valence-corrected chi connectivity index (χ3v) is 3.63. The van der Waals surface area contributed by atoms with Gasteiger partial charge in [-0.2, -0.15) is 5.10 Å². The molecule has 4 heteroatoms. The fourth-order valence-corrected chi connectivity index (χ4v) is 2.02. The first-order valence-corrected chi connectivity index (χ1v) is 7.37.